The first-order valence-corrected chi connectivity index (χ1v) is 9.94. The number of nitrogens with one attached hydrogen (secondary N) is 1. The lowest BCUT2D eigenvalue weighted by atomic mass is 10.2. The minimum atomic E-state index is -3.81. The highest BCUT2D eigenvalue weighted by Crippen LogP contribution is 2.29. The molecule has 27 heavy (non-hydrogen) atoms. The molecular formula is C17H16ClN3O5S. The van der Waals surface area contributed by atoms with Crippen LogP contribution in [0.2, 0.25) is 5.02 Å². The first-order valence-electron chi connectivity index (χ1n) is 8.12. The fourth-order valence-electron chi connectivity index (χ4n) is 2.97. The van der Waals surface area contributed by atoms with Gasteiger partial charge in [-0.2, -0.15) is 4.31 Å². The van der Waals surface area contributed by atoms with Crippen molar-refractivity contribution in [3.63, 3.8) is 0 Å². The van der Waals surface area contributed by atoms with E-state index in [2.05, 4.69) is 5.32 Å². The van der Waals surface area contributed by atoms with Gasteiger partial charge in [-0.25, -0.2) is 8.42 Å². The van der Waals surface area contributed by atoms with Crippen LogP contribution in [0.3, 0.4) is 0 Å². The minimum absolute atomic E-state index is 0.0489. The molecule has 0 radical (unpaired) electrons. The van der Waals surface area contributed by atoms with E-state index in [1.807, 2.05) is 0 Å². The molecule has 0 saturated carbocycles. The van der Waals surface area contributed by atoms with Gasteiger partial charge in [0.2, 0.25) is 15.9 Å². The average Bonchev–Trinajstić information content (AvgIpc) is 3.14. The quantitative estimate of drug-likeness (QED) is 0.602. The van der Waals surface area contributed by atoms with Gasteiger partial charge < -0.3 is 5.32 Å². The standard InChI is InChI=1S/C17H16ClN3O5S/c18-14-9-8-12(11-16(14)21(23)24)19-17(22)15-7-4-10-20(15)27(25,26)13-5-2-1-3-6-13/h1-3,5-6,8-9,11,15H,4,7,10H2,(H,19,22). The number of benzene rings is 2. The third-order valence-electron chi connectivity index (χ3n) is 4.27. The van der Waals surface area contributed by atoms with E-state index in [4.69, 9.17) is 11.6 Å². The summed E-state index contributed by atoms with van der Waals surface area (Å²) in [6, 6.07) is 10.9. The zero-order valence-electron chi connectivity index (χ0n) is 14.0. The maximum atomic E-state index is 12.8. The second-order valence-corrected chi connectivity index (χ2v) is 8.30. The zero-order valence-corrected chi connectivity index (χ0v) is 15.6. The highest BCUT2D eigenvalue weighted by Gasteiger charge is 2.39. The van der Waals surface area contributed by atoms with Crippen molar-refractivity contribution in [2.45, 2.75) is 23.8 Å². The van der Waals surface area contributed by atoms with Crippen molar-refractivity contribution in [2.24, 2.45) is 0 Å². The molecule has 1 fully saturated rings. The molecule has 3 rings (SSSR count). The van der Waals surface area contributed by atoms with Gasteiger partial charge in [-0.15, -0.1) is 0 Å². The third kappa shape index (κ3) is 3.95. The number of hydrogen-bond acceptors (Lipinski definition) is 5. The minimum Gasteiger partial charge on any atom is -0.324 e. The Morgan fingerprint density at radius 1 is 1.22 bits per heavy atom. The Kier molecular flexibility index (Phi) is 5.45. The van der Waals surface area contributed by atoms with Crippen LogP contribution in [-0.2, 0) is 14.8 Å². The maximum absolute atomic E-state index is 12.8. The molecular weight excluding hydrogens is 394 g/mol. The van der Waals surface area contributed by atoms with Crippen LogP contribution < -0.4 is 5.32 Å². The smallest absolute Gasteiger partial charge is 0.289 e. The predicted octanol–water partition coefficient (Wildman–Crippen LogP) is 3.04. The summed E-state index contributed by atoms with van der Waals surface area (Å²) in [5.74, 6) is -0.538. The number of hydrogen-bond donors (Lipinski definition) is 1. The molecule has 1 unspecified atom stereocenters. The maximum Gasteiger partial charge on any atom is 0.289 e. The van der Waals surface area contributed by atoms with E-state index in [-0.39, 0.29) is 27.8 Å². The second kappa shape index (κ2) is 7.63. The van der Waals surface area contributed by atoms with E-state index in [0.29, 0.717) is 12.8 Å². The second-order valence-electron chi connectivity index (χ2n) is 6.00. The summed E-state index contributed by atoms with van der Waals surface area (Å²) in [4.78, 5) is 23.1. The Hall–Kier alpha value is -2.49. The summed E-state index contributed by atoms with van der Waals surface area (Å²) in [5, 5.41) is 13.5. The van der Waals surface area contributed by atoms with Crippen molar-refractivity contribution < 1.29 is 18.1 Å². The molecule has 0 spiro atoms. The molecule has 1 saturated heterocycles. The molecule has 142 valence electrons. The Morgan fingerprint density at radius 2 is 1.93 bits per heavy atom. The number of anilines is 1. The normalized spacial score (nSPS) is 17.6. The van der Waals surface area contributed by atoms with Gasteiger partial charge in [0.1, 0.15) is 11.1 Å². The number of nitro benzene ring substituents is 1. The molecule has 0 bridgehead atoms. The number of nitrogens with zero attached hydrogens (tertiary/aromatic N) is 2. The van der Waals surface area contributed by atoms with Crippen molar-refractivity contribution in [3.05, 3.63) is 63.7 Å². The SMILES string of the molecule is O=C(Nc1ccc(Cl)c([N+](=O)[O-])c1)C1CCCN1S(=O)(=O)c1ccccc1. The van der Waals surface area contributed by atoms with Gasteiger partial charge in [0.05, 0.1) is 9.82 Å². The van der Waals surface area contributed by atoms with Crippen LogP contribution in [-0.4, -0.2) is 36.1 Å². The first-order chi connectivity index (χ1) is 12.8. The fraction of sp³-hybridized carbons (Fsp3) is 0.235. The van der Waals surface area contributed by atoms with Crippen molar-refractivity contribution in [1.82, 2.24) is 4.31 Å². The lowest BCUT2D eigenvalue weighted by molar-refractivity contribution is -0.384. The van der Waals surface area contributed by atoms with Gasteiger partial charge in [-0.1, -0.05) is 29.8 Å². The molecule has 2 aromatic rings. The third-order valence-corrected chi connectivity index (χ3v) is 6.51. The van der Waals surface area contributed by atoms with Crippen LogP contribution in [0.5, 0.6) is 0 Å². The molecule has 2 aromatic carbocycles. The van der Waals surface area contributed by atoms with Gasteiger partial charge in [-0.3, -0.25) is 14.9 Å². The molecule has 1 heterocycles. The molecule has 1 atom stereocenters. The summed E-state index contributed by atoms with van der Waals surface area (Å²) in [5.41, 5.74) is -0.158. The Morgan fingerprint density at radius 3 is 2.59 bits per heavy atom. The molecule has 0 aromatic heterocycles. The van der Waals surface area contributed by atoms with Gasteiger partial charge in [0.25, 0.3) is 5.69 Å². The fourth-order valence-corrected chi connectivity index (χ4v) is 4.84. The Balaban J connectivity index is 1.82. The number of halogens is 1. The van der Waals surface area contributed by atoms with Crippen LogP contribution >= 0.6 is 11.6 Å². The van der Waals surface area contributed by atoms with Crippen LogP contribution in [0, 0.1) is 10.1 Å². The number of rotatable bonds is 5. The van der Waals surface area contributed by atoms with Gasteiger partial charge in [0, 0.05) is 18.3 Å². The van der Waals surface area contributed by atoms with E-state index >= 15 is 0 Å². The summed E-state index contributed by atoms with van der Waals surface area (Å²) in [6.45, 7) is 0.232. The zero-order chi connectivity index (χ0) is 19.6. The monoisotopic (exact) mass is 409 g/mol. The van der Waals surface area contributed by atoms with E-state index in [0.717, 1.165) is 6.07 Å². The number of amides is 1. The summed E-state index contributed by atoms with van der Waals surface area (Å²) in [6.07, 6.45) is 0.915. The van der Waals surface area contributed by atoms with Gasteiger partial charge >= 0.3 is 0 Å². The Bertz CT molecular complexity index is 981. The molecule has 1 N–H and O–H groups in total. The molecule has 1 aliphatic rings. The van der Waals surface area contributed by atoms with E-state index < -0.39 is 26.9 Å². The highest BCUT2D eigenvalue weighted by atomic mass is 35.5. The topological polar surface area (TPSA) is 110 Å². The van der Waals surface area contributed by atoms with Crippen molar-refractivity contribution in [3.8, 4) is 0 Å². The lowest BCUT2D eigenvalue weighted by Gasteiger charge is -2.23. The number of carbonyl (C=O) groups excluding carboxylic acids is 1. The summed E-state index contributed by atoms with van der Waals surface area (Å²) < 4.78 is 26.8. The van der Waals surface area contributed by atoms with E-state index in [9.17, 15) is 23.3 Å². The van der Waals surface area contributed by atoms with Crippen LogP contribution in [0.15, 0.2) is 53.4 Å². The molecule has 1 aliphatic heterocycles. The number of carbonyl (C=O) groups is 1. The van der Waals surface area contributed by atoms with Gasteiger partial charge in [-0.05, 0) is 37.1 Å². The van der Waals surface area contributed by atoms with Crippen molar-refractivity contribution >= 4 is 38.9 Å². The number of sulfonamides is 1. The summed E-state index contributed by atoms with van der Waals surface area (Å²) in [7, 11) is -3.81. The van der Waals surface area contributed by atoms with Crippen molar-refractivity contribution in [1.29, 1.82) is 0 Å². The van der Waals surface area contributed by atoms with Crippen molar-refractivity contribution in [2.75, 3.05) is 11.9 Å². The highest BCUT2D eigenvalue weighted by molar-refractivity contribution is 7.89. The van der Waals surface area contributed by atoms with Crippen LogP contribution in [0.4, 0.5) is 11.4 Å². The van der Waals surface area contributed by atoms with Gasteiger partial charge in [0.15, 0.2) is 0 Å². The van der Waals surface area contributed by atoms with E-state index in [1.165, 1.54) is 28.6 Å². The lowest BCUT2D eigenvalue weighted by Crippen LogP contribution is -2.43. The van der Waals surface area contributed by atoms with Crippen LogP contribution in [0.1, 0.15) is 12.8 Å². The average molecular weight is 410 g/mol. The molecule has 0 aliphatic carbocycles. The summed E-state index contributed by atoms with van der Waals surface area (Å²) >= 11 is 5.76. The number of nitro groups is 1. The van der Waals surface area contributed by atoms with Crippen LogP contribution in [0.25, 0.3) is 0 Å². The first kappa shape index (κ1) is 19.3. The molecule has 8 nitrogen and oxygen atoms in total. The molecule has 1 amide bonds. The Labute approximate surface area is 160 Å². The molecule has 10 heteroatoms. The predicted molar refractivity (Wildman–Crippen MR) is 100 cm³/mol. The largest absolute Gasteiger partial charge is 0.324 e. The van der Waals surface area contributed by atoms with E-state index in [1.54, 1.807) is 18.2 Å².